The van der Waals surface area contributed by atoms with E-state index in [0.29, 0.717) is 42.3 Å². The van der Waals surface area contributed by atoms with Crippen LogP contribution in [-0.2, 0) is 16.1 Å². The number of hydrogen-bond donors (Lipinski definition) is 2. The predicted octanol–water partition coefficient (Wildman–Crippen LogP) is 2.42. The van der Waals surface area contributed by atoms with Gasteiger partial charge in [0.25, 0.3) is 0 Å². The Morgan fingerprint density at radius 3 is 2.85 bits per heavy atom. The van der Waals surface area contributed by atoms with Crippen molar-refractivity contribution in [2.75, 3.05) is 13.1 Å². The van der Waals surface area contributed by atoms with Gasteiger partial charge in [0, 0.05) is 37.8 Å². The third-order valence-corrected chi connectivity index (χ3v) is 5.11. The number of benzene rings is 1. The average molecular weight is 388 g/mol. The van der Waals surface area contributed by atoms with Crippen molar-refractivity contribution in [3.05, 3.63) is 64.4 Å². The number of nitrogens with one attached hydrogen (secondary N) is 1. The molecule has 1 aromatic heterocycles. The summed E-state index contributed by atoms with van der Waals surface area (Å²) in [6, 6.07) is 10.8. The number of carbonyl (C=O) groups excluding carboxylic acids is 2. The van der Waals surface area contributed by atoms with E-state index in [1.807, 2.05) is 12.1 Å². The van der Waals surface area contributed by atoms with Crippen LogP contribution in [0.1, 0.15) is 42.2 Å². The Morgan fingerprint density at radius 1 is 1.33 bits per heavy atom. The monoisotopic (exact) mass is 387 g/mol. The highest BCUT2D eigenvalue weighted by molar-refractivity contribution is 6.31. The minimum Gasteiger partial charge on any atom is -0.388 e. The summed E-state index contributed by atoms with van der Waals surface area (Å²) in [6.07, 6.45) is 1.24. The lowest BCUT2D eigenvalue weighted by atomic mass is 9.93. The van der Waals surface area contributed by atoms with Crippen LogP contribution in [0.25, 0.3) is 0 Å². The Morgan fingerprint density at radius 2 is 2.11 bits per heavy atom. The molecule has 0 bridgehead atoms. The first-order valence-electron chi connectivity index (χ1n) is 8.87. The van der Waals surface area contributed by atoms with Crippen molar-refractivity contribution < 1.29 is 14.7 Å². The van der Waals surface area contributed by atoms with Crippen molar-refractivity contribution in [3.8, 4) is 0 Å². The normalized spacial score (nSPS) is 17.1. The summed E-state index contributed by atoms with van der Waals surface area (Å²) in [5.74, 6) is -0.792. The van der Waals surface area contributed by atoms with Crippen LogP contribution in [0.2, 0.25) is 5.02 Å². The molecule has 0 saturated carbocycles. The number of pyridine rings is 1. The second-order valence-corrected chi connectivity index (χ2v) is 7.02. The third kappa shape index (κ3) is 4.46. The molecule has 0 aliphatic carbocycles. The zero-order valence-corrected chi connectivity index (χ0v) is 15.8. The highest BCUT2D eigenvalue weighted by Crippen LogP contribution is 2.27. The van der Waals surface area contributed by atoms with Crippen molar-refractivity contribution in [2.45, 2.75) is 31.9 Å². The number of aromatic nitrogens is 1. The molecule has 2 atom stereocenters. The zero-order valence-electron chi connectivity index (χ0n) is 15.1. The molecule has 2 unspecified atom stereocenters. The summed E-state index contributed by atoms with van der Waals surface area (Å²) in [7, 11) is 0. The second kappa shape index (κ2) is 8.50. The van der Waals surface area contributed by atoms with Gasteiger partial charge in [-0.2, -0.15) is 0 Å². The van der Waals surface area contributed by atoms with Gasteiger partial charge in [-0.05, 0) is 29.7 Å². The predicted molar refractivity (Wildman–Crippen MR) is 102 cm³/mol. The van der Waals surface area contributed by atoms with E-state index in [1.54, 1.807) is 35.4 Å². The maximum atomic E-state index is 12.7. The van der Waals surface area contributed by atoms with Crippen LogP contribution < -0.4 is 5.32 Å². The molecule has 0 radical (unpaired) electrons. The van der Waals surface area contributed by atoms with Crippen LogP contribution in [0, 0.1) is 0 Å². The largest absolute Gasteiger partial charge is 0.388 e. The molecule has 1 aromatic carbocycles. The standard InChI is InChI=1S/C20H22ClN3O3/c1-13(25)24-11-14-5-4-9-22-19(14)16(12-24)20(27)23-10-8-18(26)15-6-2-3-7-17(15)21/h2-7,9,16,18,26H,8,10-12H2,1H3,(H,23,27). The smallest absolute Gasteiger partial charge is 0.230 e. The summed E-state index contributed by atoms with van der Waals surface area (Å²) >= 11 is 6.09. The fourth-order valence-corrected chi connectivity index (χ4v) is 3.54. The Balaban J connectivity index is 1.63. The number of amides is 2. The summed E-state index contributed by atoms with van der Waals surface area (Å²) in [5, 5.41) is 13.6. The number of fused-ring (bicyclic) bond motifs is 1. The highest BCUT2D eigenvalue weighted by Gasteiger charge is 2.32. The maximum absolute atomic E-state index is 12.7. The van der Waals surface area contributed by atoms with Crippen LogP contribution in [-0.4, -0.2) is 39.9 Å². The molecule has 6 nitrogen and oxygen atoms in total. The number of hydrogen-bond acceptors (Lipinski definition) is 4. The van der Waals surface area contributed by atoms with Crippen molar-refractivity contribution >= 4 is 23.4 Å². The molecule has 1 aliphatic rings. The fraction of sp³-hybridized carbons (Fsp3) is 0.350. The van der Waals surface area contributed by atoms with E-state index in [2.05, 4.69) is 10.3 Å². The molecule has 142 valence electrons. The molecular weight excluding hydrogens is 366 g/mol. The summed E-state index contributed by atoms with van der Waals surface area (Å²) in [6.45, 7) is 2.56. The van der Waals surface area contributed by atoms with E-state index in [-0.39, 0.29) is 11.8 Å². The minimum atomic E-state index is -0.760. The molecule has 0 spiro atoms. The minimum absolute atomic E-state index is 0.0727. The Hall–Kier alpha value is -2.44. The summed E-state index contributed by atoms with van der Waals surface area (Å²) in [4.78, 5) is 30.5. The maximum Gasteiger partial charge on any atom is 0.230 e. The lowest BCUT2D eigenvalue weighted by Gasteiger charge is -2.32. The molecule has 1 aliphatic heterocycles. The van der Waals surface area contributed by atoms with Crippen LogP contribution in [0.15, 0.2) is 42.6 Å². The molecule has 3 rings (SSSR count). The Kier molecular flexibility index (Phi) is 6.08. The van der Waals surface area contributed by atoms with E-state index < -0.39 is 12.0 Å². The molecule has 27 heavy (non-hydrogen) atoms. The van der Waals surface area contributed by atoms with Crippen molar-refractivity contribution in [1.82, 2.24) is 15.2 Å². The quantitative estimate of drug-likeness (QED) is 0.825. The summed E-state index contributed by atoms with van der Waals surface area (Å²) in [5.41, 5.74) is 2.23. The Labute approximate surface area is 163 Å². The number of halogens is 1. The van der Waals surface area contributed by atoms with Crippen LogP contribution in [0.5, 0.6) is 0 Å². The fourth-order valence-electron chi connectivity index (χ4n) is 3.28. The molecular formula is C20H22ClN3O3. The molecule has 2 N–H and O–H groups in total. The molecule has 2 heterocycles. The summed E-state index contributed by atoms with van der Waals surface area (Å²) < 4.78 is 0. The van der Waals surface area contributed by atoms with Crippen molar-refractivity contribution in [3.63, 3.8) is 0 Å². The average Bonchev–Trinajstić information content (AvgIpc) is 2.67. The van der Waals surface area contributed by atoms with E-state index in [4.69, 9.17) is 11.6 Å². The van der Waals surface area contributed by atoms with Crippen LogP contribution >= 0.6 is 11.6 Å². The van der Waals surface area contributed by atoms with Gasteiger partial charge >= 0.3 is 0 Å². The van der Waals surface area contributed by atoms with Gasteiger partial charge in [0.05, 0.1) is 17.7 Å². The van der Waals surface area contributed by atoms with Gasteiger partial charge in [0.15, 0.2) is 0 Å². The second-order valence-electron chi connectivity index (χ2n) is 6.62. The zero-order chi connectivity index (χ0) is 19.4. The number of aliphatic hydroxyl groups excluding tert-OH is 1. The van der Waals surface area contributed by atoms with Gasteiger partial charge in [0.2, 0.25) is 11.8 Å². The van der Waals surface area contributed by atoms with Crippen LogP contribution in [0.3, 0.4) is 0 Å². The van der Waals surface area contributed by atoms with Gasteiger partial charge < -0.3 is 15.3 Å². The van der Waals surface area contributed by atoms with E-state index >= 15 is 0 Å². The topological polar surface area (TPSA) is 82.5 Å². The lowest BCUT2D eigenvalue weighted by molar-refractivity contribution is -0.131. The van der Waals surface area contributed by atoms with Crippen molar-refractivity contribution in [1.29, 1.82) is 0 Å². The Bertz CT molecular complexity index is 843. The first kappa shape index (κ1) is 19.3. The van der Waals surface area contributed by atoms with E-state index in [0.717, 1.165) is 5.56 Å². The first-order chi connectivity index (χ1) is 13.0. The molecule has 2 aromatic rings. The number of rotatable bonds is 5. The molecule has 0 fully saturated rings. The van der Waals surface area contributed by atoms with Gasteiger partial charge in [0.1, 0.15) is 0 Å². The molecule has 2 amide bonds. The van der Waals surface area contributed by atoms with Gasteiger partial charge in [-0.3, -0.25) is 14.6 Å². The van der Waals surface area contributed by atoms with Gasteiger partial charge in [-0.15, -0.1) is 0 Å². The van der Waals surface area contributed by atoms with Gasteiger partial charge in [-0.25, -0.2) is 0 Å². The van der Waals surface area contributed by atoms with Crippen LogP contribution in [0.4, 0.5) is 0 Å². The number of carbonyl (C=O) groups is 2. The van der Waals surface area contributed by atoms with E-state index in [9.17, 15) is 14.7 Å². The molecule has 7 heteroatoms. The van der Waals surface area contributed by atoms with Crippen molar-refractivity contribution in [2.24, 2.45) is 0 Å². The van der Waals surface area contributed by atoms with Gasteiger partial charge in [-0.1, -0.05) is 35.9 Å². The number of nitrogens with zero attached hydrogens (tertiary/aromatic N) is 2. The third-order valence-electron chi connectivity index (χ3n) is 4.76. The van der Waals surface area contributed by atoms with E-state index in [1.165, 1.54) is 6.92 Å². The first-order valence-corrected chi connectivity index (χ1v) is 9.24. The lowest BCUT2D eigenvalue weighted by Crippen LogP contribution is -2.43. The molecule has 0 saturated heterocycles. The highest BCUT2D eigenvalue weighted by atomic mass is 35.5. The SMILES string of the molecule is CC(=O)N1Cc2cccnc2C(C(=O)NCCC(O)c2ccccc2Cl)C1. The number of aliphatic hydroxyl groups is 1.